The van der Waals surface area contributed by atoms with Gasteiger partial charge in [-0.05, 0) is 30.5 Å². The molecule has 1 aliphatic rings. The zero-order valence-electron chi connectivity index (χ0n) is 18.6. The molecular formula is C23H25FN6O4. The van der Waals surface area contributed by atoms with Gasteiger partial charge in [-0.15, -0.1) is 0 Å². The molecule has 0 saturated carbocycles. The molecular weight excluding hydrogens is 443 g/mol. The lowest BCUT2D eigenvalue weighted by molar-refractivity contribution is -0.145. The number of nitrogens with zero attached hydrogens (tertiary/aromatic N) is 4. The van der Waals surface area contributed by atoms with Crippen LogP contribution in [-0.4, -0.2) is 48.8 Å². The number of aliphatic hydroxyl groups excluding tert-OH is 1. The van der Waals surface area contributed by atoms with Crippen LogP contribution in [0.15, 0.2) is 53.7 Å². The van der Waals surface area contributed by atoms with Crippen LogP contribution in [0.2, 0.25) is 0 Å². The van der Waals surface area contributed by atoms with E-state index in [2.05, 4.69) is 20.3 Å². The van der Waals surface area contributed by atoms with Crippen LogP contribution >= 0.6 is 0 Å². The first-order valence-corrected chi connectivity index (χ1v) is 10.8. The fourth-order valence-corrected chi connectivity index (χ4v) is 3.93. The number of halogens is 1. The average molecular weight is 468 g/mol. The standard InChI is InChI=1S/C23H25FN6O4/c1-12(2)21-20(32)14(25)10-17(34-21)13-6-8-26-11-16(13)28-22(33)15-7-9-27-23(29-15)30-18(24)4-3-5-19(30)31/h3-9,11-12,14,17,20-21,32H,10,25H2,1-2H3,(H,28,33)/t14-,17-,20+,21-/m1/s1. The summed E-state index contributed by atoms with van der Waals surface area (Å²) in [5.41, 5.74) is 6.45. The number of hydrogen-bond acceptors (Lipinski definition) is 8. The summed E-state index contributed by atoms with van der Waals surface area (Å²) in [6.45, 7) is 3.87. The summed E-state index contributed by atoms with van der Waals surface area (Å²) < 4.78 is 21.0. The number of aliphatic hydroxyl groups is 1. The Hall–Kier alpha value is -3.54. The number of amides is 1. The molecule has 0 aromatic carbocycles. The molecule has 1 aliphatic heterocycles. The van der Waals surface area contributed by atoms with Gasteiger partial charge in [0.25, 0.3) is 11.5 Å². The molecule has 178 valence electrons. The summed E-state index contributed by atoms with van der Waals surface area (Å²) in [4.78, 5) is 37.1. The first-order chi connectivity index (χ1) is 16.3. The average Bonchev–Trinajstić information content (AvgIpc) is 2.81. The maximum atomic E-state index is 14.2. The molecule has 1 fully saturated rings. The van der Waals surface area contributed by atoms with Crippen molar-refractivity contribution in [3.05, 3.63) is 76.5 Å². The molecule has 0 aliphatic carbocycles. The quantitative estimate of drug-likeness (QED) is 0.479. The molecule has 1 amide bonds. The zero-order chi connectivity index (χ0) is 24.4. The van der Waals surface area contributed by atoms with E-state index in [0.717, 1.165) is 12.1 Å². The van der Waals surface area contributed by atoms with Crippen molar-refractivity contribution in [3.63, 3.8) is 0 Å². The second-order valence-electron chi connectivity index (χ2n) is 8.40. The molecule has 10 nitrogen and oxygen atoms in total. The second-order valence-corrected chi connectivity index (χ2v) is 8.40. The molecule has 11 heteroatoms. The Morgan fingerprint density at radius 2 is 2.09 bits per heavy atom. The van der Waals surface area contributed by atoms with E-state index in [4.69, 9.17) is 10.5 Å². The number of nitrogens with one attached hydrogen (secondary N) is 1. The van der Waals surface area contributed by atoms with Crippen LogP contribution in [0.1, 0.15) is 42.4 Å². The minimum atomic E-state index is -0.854. The van der Waals surface area contributed by atoms with Crippen molar-refractivity contribution in [1.82, 2.24) is 19.5 Å². The molecule has 0 spiro atoms. The highest BCUT2D eigenvalue weighted by Crippen LogP contribution is 2.36. The summed E-state index contributed by atoms with van der Waals surface area (Å²) in [5.74, 6) is -1.70. The third kappa shape index (κ3) is 4.72. The molecule has 0 radical (unpaired) electrons. The van der Waals surface area contributed by atoms with E-state index in [-0.39, 0.29) is 17.6 Å². The molecule has 3 aromatic heterocycles. The van der Waals surface area contributed by atoms with Crippen molar-refractivity contribution in [2.24, 2.45) is 11.7 Å². The Balaban J connectivity index is 1.61. The van der Waals surface area contributed by atoms with E-state index < -0.39 is 41.8 Å². The number of hydrogen-bond donors (Lipinski definition) is 3. The smallest absolute Gasteiger partial charge is 0.274 e. The Kier molecular flexibility index (Phi) is 6.77. The van der Waals surface area contributed by atoms with Crippen molar-refractivity contribution in [2.75, 3.05) is 5.32 Å². The van der Waals surface area contributed by atoms with E-state index in [9.17, 15) is 19.1 Å². The molecule has 4 heterocycles. The number of aromatic nitrogens is 4. The lowest BCUT2D eigenvalue weighted by Crippen LogP contribution is -2.51. The number of anilines is 1. The van der Waals surface area contributed by atoms with Gasteiger partial charge in [-0.2, -0.15) is 4.39 Å². The fraction of sp³-hybridized carbons (Fsp3) is 0.348. The maximum Gasteiger partial charge on any atom is 0.274 e. The second kappa shape index (κ2) is 9.75. The predicted molar refractivity (Wildman–Crippen MR) is 121 cm³/mol. The van der Waals surface area contributed by atoms with Crippen molar-refractivity contribution in [3.8, 4) is 5.95 Å². The van der Waals surface area contributed by atoms with Crippen LogP contribution < -0.4 is 16.6 Å². The summed E-state index contributed by atoms with van der Waals surface area (Å²) in [7, 11) is 0. The van der Waals surface area contributed by atoms with Crippen LogP contribution in [0.4, 0.5) is 10.1 Å². The van der Waals surface area contributed by atoms with Gasteiger partial charge < -0.3 is 20.9 Å². The number of pyridine rings is 2. The van der Waals surface area contributed by atoms with Gasteiger partial charge in [-0.3, -0.25) is 14.6 Å². The lowest BCUT2D eigenvalue weighted by Gasteiger charge is -2.40. The van der Waals surface area contributed by atoms with Gasteiger partial charge in [-0.1, -0.05) is 19.9 Å². The van der Waals surface area contributed by atoms with Gasteiger partial charge in [0.1, 0.15) is 5.69 Å². The highest BCUT2D eigenvalue weighted by molar-refractivity contribution is 6.03. The summed E-state index contributed by atoms with van der Waals surface area (Å²) in [5, 5.41) is 13.1. The zero-order valence-corrected chi connectivity index (χ0v) is 18.6. The van der Waals surface area contributed by atoms with Gasteiger partial charge in [0.2, 0.25) is 11.9 Å². The Morgan fingerprint density at radius 1 is 1.29 bits per heavy atom. The van der Waals surface area contributed by atoms with Crippen molar-refractivity contribution < 1.29 is 19.0 Å². The molecule has 1 saturated heterocycles. The van der Waals surface area contributed by atoms with E-state index in [1.165, 1.54) is 24.5 Å². The third-order valence-electron chi connectivity index (χ3n) is 5.67. The number of ether oxygens (including phenoxy) is 1. The summed E-state index contributed by atoms with van der Waals surface area (Å²) in [6.07, 6.45) is 2.93. The minimum Gasteiger partial charge on any atom is -0.389 e. The topological polar surface area (TPSA) is 145 Å². The Bertz CT molecular complexity index is 1250. The lowest BCUT2D eigenvalue weighted by atomic mass is 9.88. The Morgan fingerprint density at radius 3 is 2.82 bits per heavy atom. The van der Waals surface area contributed by atoms with Gasteiger partial charge >= 0.3 is 0 Å². The highest BCUT2D eigenvalue weighted by atomic mass is 19.1. The first-order valence-electron chi connectivity index (χ1n) is 10.8. The van der Waals surface area contributed by atoms with E-state index in [1.807, 2.05) is 13.8 Å². The van der Waals surface area contributed by atoms with Crippen molar-refractivity contribution in [1.29, 1.82) is 0 Å². The molecule has 3 aromatic rings. The Labute approximate surface area is 194 Å². The van der Waals surface area contributed by atoms with E-state index >= 15 is 0 Å². The third-order valence-corrected chi connectivity index (χ3v) is 5.67. The van der Waals surface area contributed by atoms with Crippen LogP contribution in [0.3, 0.4) is 0 Å². The number of carbonyl (C=O) groups excluding carboxylic acids is 1. The van der Waals surface area contributed by atoms with Crippen molar-refractivity contribution in [2.45, 2.75) is 44.6 Å². The van der Waals surface area contributed by atoms with Crippen molar-refractivity contribution >= 4 is 11.6 Å². The van der Waals surface area contributed by atoms with Crippen LogP contribution in [-0.2, 0) is 4.74 Å². The van der Waals surface area contributed by atoms with Gasteiger partial charge in [0.05, 0.1) is 30.2 Å². The van der Waals surface area contributed by atoms with Crippen LogP contribution in [0.5, 0.6) is 0 Å². The van der Waals surface area contributed by atoms with Gasteiger partial charge in [0, 0.05) is 30.1 Å². The summed E-state index contributed by atoms with van der Waals surface area (Å²) >= 11 is 0. The SMILES string of the molecule is CC(C)[C@H]1O[C@@H](c2ccncc2NC(=O)c2ccnc(-n3c(F)cccc3=O)n2)C[C@@H](N)[C@@H]1O. The van der Waals surface area contributed by atoms with E-state index in [0.29, 0.717) is 22.2 Å². The number of nitrogens with two attached hydrogens (primary N) is 1. The monoisotopic (exact) mass is 468 g/mol. The molecule has 0 bridgehead atoms. The molecule has 4 N–H and O–H groups in total. The van der Waals surface area contributed by atoms with Crippen LogP contribution in [0.25, 0.3) is 5.95 Å². The predicted octanol–water partition coefficient (Wildman–Crippen LogP) is 1.59. The van der Waals surface area contributed by atoms with Gasteiger partial charge in [-0.25, -0.2) is 14.5 Å². The molecule has 4 rings (SSSR count). The largest absolute Gasteiger partial charge is 0.389 e. The maximum absolute atomic E-state index is 14.2. The number of carbonyl (C=O) groups is 1. The molecule has 4 atom stereocenters. The fourth-order valence-electron chi connectivity index (χ4n) is 3.93. The van der Waals surface area contributed by atoms with Crippen LogP contribution in [0, 0.1) is 11.9 Å². The molecule has 0 unspecified atom stereocenters. The van der Waals surface area contributed by atoms with Gasteiger partial charge in [0.15, 0.2) is 0 Å². The first kappa shape index (κ1) is 23.6. The summed E-state index contributed by atoms with van der Waals surface area (Å²) in [6, 6.07) is 6.10. The van der Waals surface area contributed by atoms with E-state index in [1.54, 1.807) is 12.3 Å². The molecule has 34 heavy (non-hydrogen) atoms. The minimum absolute atomic E-state index is 0.0324. The highest BCUT2D eigenvalue weighted by Gasteiger charge is 2.38. The normalized spacial score (nSPS) is 22.5. The number of rotatable bonds is 5.